The fraction of sp³-hybridized carbons (Fsp3) is 0.400. The lowest BCUT2D eigenvalue weighted by Crippen LogP contribution is -2.57. The van der Waals surface area contributed by atoms with Gasteiger partial charge in [-0.15, -0.1) is 0 Å². The van der Waals surface area contributed by atoms with E-state index in [1.165, 1.54) is 0 Å². The number of benzene rings is 1. The van der Waals surface area contributed by atoms with Gasteiger partial charge in [-0.3, -0.25) is 4.79 Å². The van der Waals surface area contributed by atoms with E-state index in [9.17, 15) is 13.6 Å². The third kappa shape index (κ3) is 3.95. The average Bonchev–Trinajstić information content (AvgIpc) is 3.23. The van der Waals surface area contributed by atoms with Crippen molar-refractivity contribution in [2.75, 3.05) is 13.1 Å². The summed E-state index contributed by atoms with van der Waals surface area (Å²) in [7, 11) is 0. The van der Waals surface area contributed by atoms with Gasteiger partial charge in [0.1, 0.15) is 35.2 Å². The molecule has 4 rings (SSSR count). The van der Waals surface area contributed by atoms with Crippen LogP contribution in [0.4, 0.5) is 8.78 Å². The summed E-state index contributed by atoms with van der Waals surface area (Å²) in [5, 5.41) is 9.48. The molecule has 0 spiro atoms. The first-order valence-electron chi connectivity index (χ1n) is 9.31. The Morgan fingerprint density at radius 1 is 1.38 bits per heavy atom. The normalized spacial score (nSPS) is 18.7. The zero-order valence-corrected chi connectivity index (χ0v) is 16.1. The monoisotopic (exact) mass is 405 g/mol. The quantitative estimate of drug-likeness (QED) is 0.677. The largest absolute Gasteiger partial charge is 0.487 e. The van der Waals surface area contributed by atoms with Crippen LogP contribution in [0.3, 0.4) is 0 Å². The summed E-state index contributed by atoms with van der Waals surface area (Å²) in [5.74, 6) is -2.06. The number of furan rings is 1. The Morgan fingerprint density at radius 3 is 2.93 bits per heavy atom. The molecule has 9 heteroatoms. The van der Waals surface area contributed by atoms with E-state index in [2.05, 4.69) is 15.8 Å². The van der Waals surface area contributed by atoms with Crippen LogP contribution in [-0.2, 0) is 6.61 Å². The van der Waals surface area contributed by atoms with Gasteiger partial charge in [0.25, 0.3) is 11.8 Å². The number of rotatable bonds is 5. The molecule has 29 heavy (non-hydrogen) atoms. The highest BCUT2D eigenvalue weighted by Crippen LogP contribution is 2.30. The Hall–Kier alpha value is -2.94. The van der Waals surface area contributed by atoms with E-state index < -0.39 is 24.4 Å². The van der Waals surface area contributed by atoms with Gasteiger partial charge in [-0.05, 0) is 45.0 Å². The van der Waals surface area contributed by atoms with E-state index in [-0.39, 0.29) is 18.6 Å². The first kappa shape index (κ1) is 19.4. The smallest absolute Gasteiger partial charge is 0.280 e. The molecule has 0 saturated carbocycles. The van der Waals surface area contributed by atoms with Crippen molar-refractivity contribution in [1.82, 2.24) is 15.8 Å². The van der Waals surface area contributed by atoms with Crippen molar-refractivity contribution in [2.24, 2.45) is 0 Å². The molecule has 1 aliphatic heterocycles. The molecule has 1 atom stereocenters. The molecule has 1 amide bonds. The highest BCUT2D eigenvalue weighted by atomic mass is 19.3. The van der Waals surface area contributed by atoms with E-state index >= 15 is 0 Å². The number of fused-ring (bicyclic) bond motifs is 1. The van der Waals surface area contributed by atoms with E-state index in [4.69, 9.17) is 13.7 Å². The minimum absolute atomic E-state index is 0.152. The van der Waals surface area contributed by atoms with Crippen LogP contribution in [0.5, 0.6) is 5.75 Å². The van der Waals surface area contributed by atoms with Crippen molar-refractivity contribution < 1.29 is 27.3 Å². The van der Waals surface area contributed by atoms with Gasteiger partial charge in [0.15, 0.2) is 0 Å². The van der Waals surface area contributed by atoms with Crippen LogP contribution in [0.2, 0.25) is 0 Å². The summed E-state index contributed by atoms with van der Waals surface area (Å²) >= 11 is 0. The van der Waals surface area contributed by atoms with Crippen LogP contribution in [0.25, 0.3) is 11.0 Å². The summed E-state index contributed by atoms with van der Waals surface area (Å²) in [6.45, 7) is 3.58. The molecular formula is C20H21F2N3O4. The second kappa shape index (κ2) is 7.47. The molecule has 0 bridgehead atoms. The maximum absolute atomic E-state index is 14.1. The molecule has 154 valence electrons. The number of aromatic nitrogens is 1. The molecular weight excluding hydrogens is 384 g/mol. The molecule has 1 fully saturated rings. The van der Waals surface area contributed by atoms with Crippen LogP contribution < -0.4 is 15.4 Å². The number of carbonyl (C=O) groups excluding carboxylic acids is 1. The van der Waals surface area contributed by atoms with Gasteiger partial charge in [-0.1, -0.05) is 5.16 Å². The highest BCUT2D eigenvalue weighted by Gasteiger charge is 2.42. The van der Waals surface area contributed by atoms with Gasteiger partial charge in [-0.25, -0.2) is 8.78 Å². The SMILES string of the molecule is Cc1cc(COc2ccc3oc(C)c(C(=O)NC4CCNCC4(F)F)c3c2)no1. The van der Waals surface area contributed by atoms with Crippen molar-refractivity contribution in [3.63, 3.8) is 0 Å². The van der Waals surface area contributed by atoms with Crippen molar-refractivity contribution in [3.8, 4) is 5.75 Å². The van der Waals surface area contributed by atoms with Crippen LogP contribution in [0.1, 0.15) is 34.0 Å². The molecule has 1 saturated heterocycles. The molecule has 7 nitrogen and oxygen atoms in total. The first-order chi connectivity index (χ1) is 13.8. The van der Waals surface area contributed by atoms with Crippen LogP contribution in [-0.4, -0.2) is 36.1 Å². The molecule has 2 aromatic heterocycles. The van der Waals surface area contributed by atoms with E-state index in [0.29, 0.717) is 40.5 Å². The van der Waals surface area contributed by atoms with Gasteiger partial charge in [0.2, 0.25) is 0 Å². The Labute approximate surface area is 165 Å². The number of hydrogen-bond donors (Lipinski definition) is 2. The molecule has 1 unspecified atom stereocenters. The zero-order chi connectivity index (χ0) is 20.6. The number of alkyl halides is 2. The number of carbonyl (C=O) groups is 1. The number of nitrogens with one attached hydrogen (secondary N) is 2. The number of piperidine rings is 1. The fourth-order valence-corrected chi connectivity index (χ4v) is 3.46. The fourth-order valence-electron chi connectivity index (χ4n) is 3.46. The van der Waals surface area contributed by atoms with E-state index in [0.717, 1.165) is 0 Å². The lowest BCUT2D eigenvalue weighted by atomic mass is 10.0. The lowest BCUT2D eigenvalue weighted by molar-refractivity contribution is -0.0487. The number of ether oxygens (including phenoxy) is 1. The van der Waals surface area contributed by atoms with Gasteiger partial charge in [0, 0.05) is 11.5 Å². The number of nitrogens with zero attached hydrogens (tertiary/aromatic N) is 1. The molecule has 3 heterocycles. The number of aryl methyl sites for hydroxylation is 2. The third-order valence-electron chi connectivity index (χ3n) is 4.91. The standard InChI is InChI=1S/C20H21F2N3O4/c1-11-7-13(25-29-11)9-27-14-3-4-16-15(8-14)18(12(2)28-16)19(26)24-17-5-6-23-10-20(17,21)22/h3-4,7-8,17,23H,5-6,9-10H2,1-2H3,(H,24,26). The Kier molecular flexibility index (Phi) is 4.99. The van der Waals surface area contributed by atoms with Crippen LogP contribution >= 0.6 is 0 Å². The maximum atomic E-state index is 14.1. The molecule has 0 aliphatic carbocycles. The maximum Gasteiger partial charge on any atom is 0.280 e. The van der Waals surface area contributed by atoms with E-state index in [1.54, 1.807) is 38.1 Å². The predicted molar refractivity (Wildman–Crippen MR) is 100 cm³/mol. The second-order valence-electron chi connectivity index (χ2n) is 7.16. The van der Waals surface area contributed by atoms with Crippen molar-refractivity contribution >= 4 is 16.9 Å². The summed E-state index contributed by atoms with van der Waals surface area (Å²) in [6, 6.07) is 5.59. The molecule has 1 aliphatic rings. The van der Waals surface area contributed by atoms with Gasteiger partial charge in [-0.2, -0.15) is 0 Å². The van der Waals surface area contributed by atoms with Gasteiger partial charge in [0.05, 0.1) is 18.2 Å². The topological polar surface area (TPSA) is 89.5 Å². The van der Waals surface area contributed by atoms with Crippen molar-refractivity contribution in [3.05, 3.63) is 47.0 Å². The van der Waals surface area contributed by atoms with Crippen molar-refractivity contribution in [1.29, 1.82) is 0 Å². The third-order valence-corrected chi connectivity index (χ3v) is 4.91. The number of halogens is 2. The van der Waals surface area contributed by atoms with Crippen LogP contribution in [0.15, 0.2) is 33.2 Å². The lowest BCUT2D eigenvalue weighted by Gasteiger charge is -2.32. The second-order valence-corrected chi connectivity index (χ2v) is 7.16. The summed E-state index contributed by atoms with van der Waals surface area (Å²) in [4.78, 5) is 12.8. The minimum Gasteiger partial charge on any atom is -0.487 e. The zero-order valence-electron chi connectivity index (χ0n) is 16.1. The summed E-state index contributed by atoms with van der Waals surface area (Å²) in [5.41, 5.74) is 1.35. The molecule has 1 aromatic carbocycles. The average molecular weight is 405 g/mol. The van der Waals surface area contributed by atoms with Gasteiger partial charge < -0.3 is 24.3 Å². The first-order valence-corrected chi connectivity index (χ1v) is 9.31. The Balaban J connectivity index is 1.56. The highest BCUT2D eigenvalue weighted by molar-refractivity contribution is 6.07. The Morgan fingerprint density at radius 2 is 2.21 bits per heavy atom. The Bertz CT molecular complexity index is 1040. The summed E-state index contributed by atoms with van der Waals surface area (Å²) in [6.07, 6.45) is 0.152. The molecule has 2 N–H and O–H groups in total. The minimum atomic E-state index is -3.01. The molecule has 3 aromatic rings. The molecule has 0 radical (unpaired) electrons. The predicted octanol–water partition coefficient (Wildman–Crippen LogP) is 3.34. The van der Waals surface area contributed by atoms with Gasteiger partial charge >= 0.3 is 0 Å². The number of hydrogen-bond acceptors (Lipinski definition) is 6. The van der Waals surface area contributed by atoms with E-state index in [1.807, 2.05) is 0 Å². The van der Waals surface area contributed by atoms with Crippen molar-refractivity contribution in [2.45, 2.75) is 38.8 Å². The van der Waals surface area contributed by atoms with Crippen LogP contribution in [0, 0.1) is 13.8 Å². The number of amides is 1. The summed E-state index contributed by atoms with van der Waals surface area (Å²) < 4.78 is 44.5.